The fourth-order valence-corrected chi connectivity index (χ4v) is 1.91. The highest BCUT2D eigenvalue weighted by Crippen LogP contribution is 2.31. The van der Waals surface area contributed by atoms with Gasteiger partial charge in [-0.15, -0.1) is 0 Å². The minimum absolute atomic E-state index is 0.0403. The van der Waals surface area contributed by atoms with Gasteiger partial charge < -0.3 is 5.11 Å². The molecule has 2 nitrogen and oxygen atoms in total. The second-order valence-corrected chi connectivity index (χ2v) is 4.69. The van der Waals surface area contributed by atoms with Crippen LogP contribution in [0.5, 0.6) is 5.75 Å². The van der Waals surface area contributed by atoms with Crippen LogP contribution in [-0.2, 0) is 0 Å². The zero-order valence-corrected chi connectivity index (χ0v) is 11.5. The number of phenols is 1. The molecule has 0 fully saturated rings. The normalized spacial score (nSPS) is 11.4. The van der Waals surface area contributed by atoms with Gasteiger partial charge in [-0.25, -0.2) is 22.0 Å². The summed E-state index contributed by atoms with van der Waals surface area (Å²) in [4.78, 5) is 3.62. The van der Waals surface area contributed by atoms with E-state index in [1.807, 2.05) is 0 Å². The monoisotopic (exact) mass is 315 g/mol. The number of nitrogens with zero attached hydrogens (tertiary/aromatic N) is 1. The Bertz CT molecular complexity index is 757. The first-order valence-corrected chi connectivity index (χ1v) is 6.09. The van der Waals surface area contributed by atoms with Crippen molar-refractivity contribution in [1.29, 1.82) is 0 Å². The predicted octanol–water partition coefficient (Wildman–Crippen LogP) is 4.46. The molecule has 0 amide bonds. The van der Waals surface area contributed by atoms with Crippen molar-refractivity contribution >= 4 is 11.9 Å². The summed E-state index contributed by atoms with van der Waals surface area (Å²) in [5.74, 6) is -10.5. The first-order valence-electron chi connectivity index (χ1n) is 6.09. The number of aliphatic imine (C=N–C) groups is 1. The molecular weight excluding hydrogens is 305 g/mol. The molecule has 7 heteroatoms. The Kier molecular flexibility index (Phi) is 4.16. The zero-order valence-electron chi connectivity index (χ0n) is 11.5. The van der Waals surface area contributed by atoms with Crippen LogP contribution >= 0.6 is 0 Å². The maximum Gasteiger partial charge on any atom is 0.200 e. The van der Waals surface area contributed by atoms with E-state index in [2.05, 4.69) is 4.99 Å². The van der Waals surface area contributed by atoms with Crippen LogP contribution in [0.2, 0.25) is 0 Å². The van der Waals surface area contributed by atoms with E-state index in [1.54, 1.807) is 19.9 Å². The second-order valence-electron chi connectivity index (χ2n) is 4.69. The van der Waals surface area contributed by atoms with E-state index in [4.69, 9.17) is 0 Å². The molecule has 0 aliphatic rings. The maximum atomic E-state index is 13.5. The molecule has 22 heavy (non-hydrogen) atoms. The Hall–Kier alpha value is -2.44. The van der Waals surface area contributed by atoms with Crippen LogP contribution in [0.3, 0.4) is 0 Å². The summed E-state index contributed by atoms with van der Waals surface area (Å²) in [6, 6.07) is 3.05. The highest BCUT2D eigenvalue weighted by molar-refractivity contribution is 5.83. The SMILES string of the molecule is Cc1cc(C)c(O)c(N=Cc2c(F)c(F)c(F)c(F)c2F)c1. The van der Waals surface area contributed by atoms with Gasteiger partial charge in [-0.05, 0) is 31.0 Å². The predicted molar refractivity (Wildman–Crippen MR) is 71.1 cm³/mol. The molecule has 0 spiro atoms. The lowest BCUT2D eigenvalue weighted by molar-refractivity contribution is 0.377. The Morgan fingerprint density at radius 2 is 1.36 bits per heavy atom. The van der Waals surface area contributed by atoms with Crippen molar-refractivity contribution in [2.45, 2.75) is 13.8 Å². The number of benzene rings is 2. The lowest BCUT2D eigenvalue weighted by atomic mass is 10.1. The van der Waals surface area contributed by atoms with Crippen molar-refractivity contribution in [3.05, 3.63) is 57.9 Å². The molecule has 0 aliphatic carbocycles. The number of hydrogen-bond acceptors (Lipinski definition) is 2. The molecule has 0 radical (unpaired) electrons. The highest BCUT2D eigenvalue weighted by Gasteiger charge is 2.24. The lowest BCUT2D eigenvalue weighted by Crippen LogP contribution is -2.06. The van der Waals surface area contributed by atoms with Gasteiger partial charge in [-0.2, -0.15) is 0 Å². The molecule has 116 valence electrons. The molecule has 2 aromatic rings. The fourth-order valence-electron chi connectivity index (χ4n) is 1.91. The van der Waals surface area contributed by atoms with Gasteiger partial charge in [0.25, 0.3) is 0 Å². The Labute approximate surface area is 122 Å². The summed E-state index contributed by atoms with van der Waals surface area (Å²) in [5, 5.41) is 9.78. The van der Waals surface area contributed by atoms with Gasteiger partial charge in [-0.3, -0.25) is 4.99 Å². The molecule has 2 rings (SSSR count). The third-order valence-electron chi connectivity index (χ3n) is 3.00. The van der Waals surface area contributed by atoms with Crippen LogP contribution in [0.15, 0.2) is 17.1 Å². The van der Waals surface area contributed by atoms with Crippen LogP contribution < -0.4 is 0 Å². The average molecular weight is 315 g/mol. The molecular formula is C15H10F5NO. The van der Waals surface area contributed by atoms with Gasteiger partial charge in [0.1, 0.15) is 11.4 Å². The van der Waals surface area contributed by atoms with Crippen molar-refractivity contribution in [3.63, 3.8) is 0 Å². The van der Waals surface area contributed by atoms with Gasteiger partial charge in [0.05, 0.1) is 5.56 Å². The number of rotatable bonds is 2. The van der Waals surface area contributed by atoms with Crippen molar-refractivity contribution in [1.82, 2.24) is 0 Å². The Morgan fingerprint density at radius 3 is 1.91 bits per heavy atom. The van der Waals surface area contributed by atoms with Crippen LogP contribution in [-0.4, -0.2) is 11.3 Å². The Morgan fingerprint density at radius 1 is 0.864 bits per heavy atom. The largest absolute Gasteiger partial charge is 0.505 e. The topological polar surface area (TPSA) is 32.6 Å². The number of halogens is 5. The fraction of sp³-hybridized carbons (Fsp3) is 0.133. The summed E-state index contributed by atoms with van der Waals surface area (Å²) in [6.45, 7) is 3.28. The summed E-state index contributed by atoms with van der Waals surface area (Å²) < 4.78 is 66.0. The van der Waals surface area contributed by atoms with Gasteiger partial charge >= 0.3 is 0 Å². The van der Waals surface area contributed by atoms with Gasteiger partial charge in [-0.1, -0.05) is 6.07 Å². The van der Waals surface area contributed by atoms with Gasteiger partial charge in [0.2, 0.25) is 5.82 Å². The Balaban J connectivity index is 2.57. The number of hydrogen-bond donors (Lipinski definition) is 1. The molecule has 0 aromatic heterocycles. The molecule has 0 heterocycles. The molecule has 0 aliphatic heterocycles. The maximum absolute atomic E-state index is 13.5. The summed E-state index contributed by atoms with van der Waals surface area (Å²) >= 11 is 0. The molecule has 0 bridgehead atoms. The van der Waals surface area contributed by atoms with Crippen LogP contribution in [0.4, 0.5) is 27.6 Å². The molecule has 0 atom stereocenters. The summed E-state index contributed by atoms with van der Waals surface area (Å²) in [6.07, 6.45) is 0.490. The van der Waals surface area contributed by atoms with E-state index in [9.17, 15) is 27.1 Å². The van der Waals surface area contributed by atoms with Gasteiger partial charge in [0.15, 0.2) is 23.3 Å². The molecule has 2 aromatic carbocycles. The van der Waals surface area contributed by atoms with E-state index in [1.165, 1.54) is 6.07 Å². The van der Waals surface area contributed by atoms with Crippen molar-refractivity contribution in [3.8, 4) is 5.75 Å². The van der Waals surface area contributed by atoms with Crippen molar-refractivity contribution in [2.75, 3.05) is 0 Å². The third kappa shape index (κ3) is 2.66. The average Bonchev–Trinajstić information content (AvgIpc) is 2.47. The smallest absolute Gasteiger partial charge is 0.200 e. The van der Waals surface area contributed by atoms with Crippen molar-refractivity contribution < 1.29 is 27.1 Å². The van der Waals surface area contributed by atoms with Crippen molar-refractivity contribution in [2.24, 2.45) is 4.99 Å². The van der Waals surface area contributed by atoms with Gasteiger partial charge in [0, 0.05) is 6.21 Å². The van der Waals surface area contributed by atoms with Crippen LogP contribution in [0.1, 0.15) is 16.7 Å². The second kappa shape index (κ2) is 5.75. The van der Waals surface area contributed by atoms with E-state index < -0.39 is 34.6 Å². The highest BCUT2D eigenvalue weighted by atomic mass is 19.2. The van der Waals surface area contributed by atoms with E-state index in [-0.39, 0.29) is 11.4 Å². The first-order chi connectivity index (χ1) is 10.2. The number of aryl methyl sites for hydroxylation is 2. The standard InChI is InChI=1S/C15H10F5NO/c1-6-3-7(2)15(22)9(4-6)21-5-8-10(16)12(18)14(20)13(19)11(8)17/h3-5,22H,1-2H3. The molecule has 1 N–H and O–H groups in total. The number of phenolic OH excluding ortho intramolecular Hbond substituents is 1. The first kappa shape index (κ1) is 15.9. The van der Waals surface area contributed by atoms with E-state index in [0.717, 1.165) is 0 Å². The lowest BCUT2D eigenvalue weighted by Gasteiger charge is -2.06. The summed E-state index contributed by atoms with van der Waals surface area (Å²) in [5.41, 5.74) is -0.0409. The molecule has 0 saturated carbocycles. The quantitative estimate of drug-likeness (QED) is 0.377. The minimum Gasteiger partial charge on any atom is -0.505 e. The number of aromatic hydroxyl groups is 1. The third-order valence-corrected chi connectivity index (χ3v) is 3.00. The summed E-state index contributed by atoms with van der Waals surface area (Å²) in [7, 11) is 0. The van der Waals surface area contributed by atoms with E-state index in [0.29, 0.717) is 17.3 Å². The van der Waals surface area contributed by atoms with Crippen LogP contribution in [0, 0.1) is 42.9 Å². The van der Waals surface area contributed by atoms with E-state index >= 15 is 0 Å². The molecule has 0 unspecified atom stereocenters. The minimum atomic E-state index is -2.23. The zero-order chi connectivity index (χ0) is 16.6. The van der Waals surface area contributed by atoms with Crippen LogP contribution in [0.25, 0.3) is 0 Å². The molecule has 0 saturated heterocycles.